The molecule has 22 heavy (non-hydrogen) atoms. The van der Waals surface area contributed by atoms with Gasteiger partial charge in [-0.25, -0.2) is 14.4 Å². The second-order valence-corrected chi connectivity index (χ2v) is 6.06. The summed E-state index contributed by atoms with van der Waals surface area (Å²) in [7, 11) is 0. The van der Waals surface area contributed by atoms with Crippen LogP contribution in [-0.4, -0.2) is 31.8 Å². The molecule has 3 aromatic heterocycles. The molecular weight excluding hydrogens is 285 g/mol. The first-order valence-corrected chi connectivity index (χ1v) is 7.14. The van der Waals surface area contributed by atoms with Gasteiger partial charge in [-0.1, -0.05) is 0 Å². The van der Waals surface area contributed by atoms with Crippen LogP contribution >= 0.6 is 0 Å². The monoisotopic (exact) mass is 301 g/mol. The Bertz CT molecular complexity index is 883. The molecule has 1 atom stereocenters. The molecule has 0 bridgehead atoms. The van der Waals surface area contributed by atoms with Crippen molar-refractivity contribution in [1.29, 1.82) is 0 Å². The van der Waals surface area contributed by atoms with E-state index in [9.17, 15) is 4.39 Å². The second kappa shape index (κ2) is 4.36. The molecule has 7 heteroatoms. The first kappa shape index (κ1) is 13.4. The molecule has 0 saturated heterocycles. The van der Waals surface area contributed by atoms with Crippen molar-refractivity contribution < 1.29 is 9.13 Å². The van der Waals surface area contributed by atoms with Crippen LogP contribution in [-0.2, 0) is 11.3 Å². The van der Waals surface area contributed by atoms with Gasteiger partial charge in [0.15, 0.2) is 5.82 Å². The number of rotatable bonds is 1. The minimum atomic E-state index is -1.46. The molecule has 0 unspecified atom stereocenters. The number of ether oxygens (including phenoxy) is 1. The summed E-state index contributed by atoms with van der Waals surface area (Å²) >= 11 is 0. The predicted octanol–water partition coefficient (Wildman–Crippen LogP) is 2.38. The number of nitrogen functional groups attached to an aromatic ring is 1. The average molecular weight is 301 g/mol. The summed E-state index contributed by atoms with van der Waals surface area (Å²) in [6.07, 6.45) is 1.69. The standard InChI is InChI=1S/C15H16FN5O/c1-15(2,16)9-6-22-7-10-20-12-13(21(9)10)11-8(19-14(12)17)4-3-5-18-11/h3-5,9H,6-7H2,1-2H3,(H2,17,19)/t9-/m1/s1. The summed E-state index contributed by atoms with van der Waals surface area (Å²) in [5.74, 6) is 0.983. The van der Waals surface area contributed by atoms with Gasteiger partial charge in [0.25, 0.3) is 0 Å². The average Bonchev–Trinajstić information content (AvgIpc) is 2.86. The number of nitrogens with zero attached hydrogens (tertiary/aromatic N) is 4. The molecule has 114 valence electrons. The van der Waals surface area contributed by atoms with Crippen LogP contribution in [0.1, 0.15) is 25.7 Å². The quantitative estimate of drug-likeness (QED) is 0.746. The van der Waals surface area contributed by atoms with Crippen LogP contribution in [0.25, 0.3) is 22.1 Å². The highest BCUT2D eigenvalue weighted by Crippen LogP contribution is 2.37. The molecule has 0 aliphatic carbocycles. The lowest BCUT2D eigenvalue weighted by atomic mass is 10.00. The SMILES string of the molecule is CC(C)(F)[C@H]1COCc2nc3c(N)nc4cccnc4c3n21. The topological polar surface area (TPSA) is 78.8 Å². The second-order valence-electron chi connectivity index (χ2n) is 6.06. The van der Waals surface area contributed by atoms with E-state index >= 15 is 0 Å². The molecule has 0 spiro atoms. The fraction of sp³-hybridized carbons (Fsp3) is 0.400. The minimum Gasteiger partial charge on any atom is -0.382 e. The van der Waals surface area contributed by atoms with Crippen molar-refractivity contribution >= 4 is 27.9 Å². The van der Waals surface area contributed by atoms with E-state index in [0.29, 0.717) is 41.4 Å². The highest BCUT2D eigenvalue weighted by atomic mass is 19.1. The third-order valence-corrected chi connectivity index (χ3v) is 4.09. The number of alkyl halides is 1. The first-order valence-electron chi connectivity index (χ1n) is 7.14. The maximum atomic E-state index is 14.7. The van der Waals surface area contributed by atoms with Crippen molar-refractivity contribution in [2.75, 3.05) is 12.3 Å². The first-order chi connectivity index (χ1) is 10.5. The van der Waals surface area contributed by atoms with E-state index in [4.69, 9.17) is 10.5 Å². The summed E-state index contributed by atoms with van der Waals surface area (Å²) < 4.78 is 22.1. The maximum absolute atomic E-state index is 14.7. The van der Waals surface area contributed by atoms with Crippen LogP contribution in [0, 0.1) is 0 Å². The van der Waals surface area contributed by atoms with Gasteiger partial charge >= 0.3 is 0 Å². The number of aromatic nitrogens is 4. The summed E-state index contributed by atoms with van der Waals surface area (Å²) in [5.41, 5.74) is 7.23. The number of hydrogen-bond donors (Lipinski definition) is 1. The smallest absolute Gasteiger partial charge is 0.152 e. The van der Waals surface area contributed by atoms with Crippen molar-refractivity contribution in [3.63, 3.8) is 0 Å². The normalized spacial score (nSPS) is 18.8. The molecule has 0 fully saturated rings. The summed E-state index contributed by atoms with van der Waals surface area (Å²) in [6.45, 7) is 3.71. The molecular formula is C15H16FN5O. The van der Waals surface area contributed by atoms with Gasteiger partial charge in [0.05, 0.1) is 18.2 Å². The van der Waals surface area contributed by atoms with Crippen LogP contribution in [0.3, 0.4) is 0 Å². The van der Waals surface area contributed by atoms with E-state index in [-0.39, 0.29) is 0 Å². The third-order valence-electron chi connectivity index (χ3n) is 4.09. The van der Waals surface area contributed by atoms with Gasteiger partial charge in [0.2, 0.25) is 0 Å². The van der Waals surface area contributed by atoms with Gasteiger partial charge < -0.3 is 15.0 Å². The van der Waals surface area contributed by atoms with Gasteiger partial charge in [0, 0.05) is 6.20 Å². The van der Waals surface area contributed by atoms with Gasteiger partial charge in [0.1, 0.15) is 34.7 Å². The summed E-state index contributed by atoms with van der Waals surface area (Å²) in [5, 5.41) is 0. The fourth-order valence-electron chi connectivity index (χ4n) is 3.02. The van der Waals surface area contributed by atoms with Crippen molar-refractivity contribution in [2.24, 2.45) is 0 Å². The Morgan fingerprint density at radius 1 is 1.36 bits per heavy atom. The molecule has 0 saturated carbocycles. The van der Waals surface area contributed by atoms with E-state index in [1.165, 1.54) is 0 Å². The zero-order valence-corrected chi connectivity index (χ0v) is 12.4. The number of anilines is 1. The molecule has 4 rings (SSSR count). The molecule has 2 N–H and O–H groups in total. The lowest BCUT2D eigenvalue weighted by molar-refractivity contribution is -0.00212. The number of imidazole rings is 1. The zero-order chi connectivity index (χ0) is 15.5. The van der Waals surface area contributed by atoms with Crippen LogP contribution in [0.4, 0.5) is 10.2 Å². The predicted molar refractivity (Wildman–Crippen MR) is 81.1 cm³/mol. The summed E-state index contributed by atoms with van der Waals surface area (Å²) in [6, 6.07) is 3.16. The molecule has 0 radical (unpaired) electrons. The highest BCUT2D eigenvalue weighted by molar-refractivity contribution is 6.04. The molecule has 4 heterocycles. The Balaban J connectivity index is 2.16. The van der Waals surface area contributed by atoms with Crippen molar-refractivity contribution in [3.05, 3.63) is 24.2 Å². The van der Waals surface area contributed by atoms with Crippen molar-refractivity contribution in [1.82, 2.24) is 19.5 Å². The fourth-order valence-corrected chi connectivity index (χ4v) is 3.02. The van der Waals surface area contributed by atoms with Gasteiger partial charge in [-0.3, -0.25) is 4.98 Å². The Morgan fingerprint density at radius 2 is 2.18 bits per heavy atom. The van der Waals surface area contributed by atoms with E-state index in [1.54, 1.807) is 26.1 Å². The lowest BCUT2D eigenvalue weighted by Gasteiger charge is -2.33. The molecule has 1 aliphatic rings. The number of fused-ring (bicyclic) bond motifs is 5. The number of pyridine rings is 2. The maximum Gasteiger partial charge on any atom is 0.152 e. The van der Waals surface area contributed by atoms with E-state index in [0.717, 1.165) is 5.52 Å². The largest absolute Gasteiger partial charge is 0.382 e. The molecule has 3 aromatic rings. The van der Waals surface area contributed by atoms with Crippen molar-refractivity contribution in [3.8, 4) is 0 Å². The van der Waals surface area contributed by atoms with Crippen LogP contribution in [0.2, 0.25) is 0 Å². The third kappa shape index (κ3) is 1.78. The van der Waals surface area contributed by atoms with Crippen LogP contribution in [0.5, 0.6) is 0 Å². The van der Waals surface area contributed by atoms with Crippen LogP contribution < -0.4 is 5.73 Å². The van der Waals surface area contributed by atoms with Gasteiger partial charge in [-0.15, -0.1) is 0 Å². The zero-order valence-electron chi connectivity index (χ0n) is 12.4. The molecule has 1 aliphatic heterocycles. The molecule has 6 nitrogen and oxygen atoms in total. The number of halogens is 1. The minimum absolute atomic E-state index is 0.290. The Kier molecular flexibility index (Phi) is 2.65. The molecule has 0 aromatic carbocycles. The van der Waals surface area contributed by atoms with E-state index in [2.05, 4.69) is 15.0 Å². The molecule has 0 amide bonds. The number of hydrogen-bond acceptors (Lipinski definition) is 5. The van der Waals surface area contributed by atoms with Gasteiger partial charge in [-0.2, -0.15) is 0 Å². The van der Waals surface area contributed by atoms with E-state index in [1.807, 2.05) is 10.6 Å². The van der Waals surface area contributed by atoms with E-state index < -0.39 is 11.7 Å². The van der Waals surface area contributed by atoms with Crippen LogP contribution in [0.15, 0.2) is 18.3 Å². The number of nitrogens with two attached hydrogens (primary N) is 1. The summed E-state index contributed by atoms with van der Waals surface area (Å²) in [4.78, 5) is 13.3. The lowest BCUT2D eigenvalue weighted by Crippen LogP contribution is -2.36. The highest BCUT2D eigenvalue weighted by Gasteiger charge is 2.37. The van der Waals surface area contributed by atoms with Gasteiger partial charge in [-0.05, 0) is 26.0 Å². The Labute approximate surface area is 126 Å². The Morgan fingerprint density at radius 3 is 2.95 bits per heavy atom. The van der Waals surface area contributed by atoms with Crippen molar-refractivity contribution in [2.45, 2.75) is 32.2 Å². The Hall–Kier alpha value is -2.28.